The van der Waals surface area contributed by atoms with Gasteiger partial charge in [0.15, 0.2) is 5.78 Å². The third kappa shape index (κ3) is 2.78. The number of benzene rings is 1. The molecule has 0 aromatic heterocycles. The van der Waals surface area contributed by atoms with Crippen molar-refractivity contribution >= 4 is 5.78 Å². The van der Waals surface area contributed by atoms with E-state index in [2.05, 4.69) is 6.92 Å². The number of halogens is 2. The van der Waals surface area contributed by atoms with Crippen molar-refractivity contribution in [1.82, 2.24) is 4.90 Å². The zero-order valence-corrected chi connectivity index (χ0v) is 13.3. The van der Waals surface area contributed by atoms with Gasteiger partial charge in [-0.15, -0.1) is 0 Å². The van der Waals surface area contributed by atoms with Gasteiger partial charge in [0, 0.05) is 11.8 Å². The molecule has 1 N–H and O–H groups in total. The van der Waals surface area contributed by atoms with Crippen molar-refractivity contribution in [3.8, 4) is 0 Å². The number of hydrogen-bond donors (Lipinski definition) is 1. The second kappa shape index (κ2) is 5.41. The van der Waals surface area contributed by atoms with Gasteiger partial charge >= 0.3 is 0 Å². The van der Waals surface area contributed by atoms with E-state index in [0.717, 1.165) is 12.8 Å². The number of ketones is 1. The number of aliphatic hydroxyl groups is 1. The van der Waals surface area contributed by atoms with E-state index in [-0.39, 0.29) is 28.8 Å². The molecule has 0 spiro atoms. The number of aliphatic hydroxyl groups excluding tert-OH is 1. The number of hydrogen-bond acceptors (Lipinski definition) is 3. The third-order valence-corrected chi connectivity index (χ3v) is 5.11. The third-order valence-electron chi connectivity index (χ3n) is 5.11. The van der Waals surface area contributed by atoms with E-state index in [1.165, 1.54) is 12.1 Å². The molecule has 2 unspecified atom stereocenters. The molecule has 1 aliphatic heterocycles. The van der Waals surface area contributed by atoms with Crippen LogP contribution < -0.4 is 0 Å². The molecule has 2 atom stereocenters. The first-order valence-corrected chi connectivity index (χ1v) is 7.87. The maximum atomic E-state index is 13.7. The molecule has 0 bridgehead atoms. The largest absolute Gasteiger partial charge is 0.390 e. The molecule has 3 nitrogen and oxygen atoms in total. The number of nitrogens with zero attached hydrogens (tertiary/aromatic N) is 1. The highest BCUT2D eigenvalue weighted by atomic mass is 19.3. The van der Waals surface area contributed by atoms with E-state index in [1.807, 2.05) is 11.8 Å². The minimum absolute atomic E-state index is 0.0124. The van der Waals surface area contributed by atoms with Crippen molar-refractivity contribution in [1.29, 1.82) is 0 Å². The summed E-state index contributed by atoms with van der Waals surface area (Å²) in [5.41, 5.74) is 0.499. The summed E-state index contributed by atoms with van der Waals surface area (Å²) < 4.78 is 27.4. The fourth-order valence-corrected chi connectivity index (χ4v) is 3.30. The smallest absolute Gasteiger partial charge is 0.295 e. The molecule has 1 aromatic carbocycles. The zero-order chi connectivity index (χ0) is 16.8. The standard InChI is InChI=1S/C18H21F2NO2/c1-12(13-4-3-5-14(10-13)18(19,20)11-22)21-9-6-15(23)16(21)17(2)7-8-17/h3-6,9-10,12,16,22H,7-8,11H2,1-2H3. The van der Waals surface area contributed by atoms with Crippen molar-refractivity contribution in [3.63, 3.8) is 0 Å². The number of alkyl halides is 2. The molecule has 5 heteroatoms. The van der Waals surface area contributed by atoms with Crippen molar-refractivity contribution in [2.24, 2.45) is 5.41 Å². The average Bonchev–Trinajstić information content (AvgIpc) is 3.15. The van der Waals surface area contributed by atoms with E-state index < -0.39 is 12.5 Å². The van der Waals surface area contributed by atoms with Crippen LogP contribution in [0.5, 0.6) is 0 Å². The molecule has 23 heavy (non-hydrogen) atoms. The molecule has 1 aromatic rings. The molecule has 0 saturated heterocycles. The number of carbonyl (C=O) groups is 1. The van der Waals surface area contributed by atoms with Crippen molar-refractivity contribution in [2.75, 3.05) is 6.61 Å². The zero-order valence-electron chi connectivity index (χ0n) is 13.3. The summed E-state index contributed by atoms with van der Waals surface area (Å²) in [6.45, 7) is 2.80. The van der Waals surface area contributed by atoms with E-state index >= 15 is 0 Å². The van der Waals surface area contributed by atoms with Gasteiger partial charge in [0.05, 0.1) is 12.1 Å². The second-order valence-electron chi connectivity index (χ2n) is 6.89. The Morgan fingerprint density at radius 2 is 2.13 bits per heavy atom. The maximum absolute atomic E-state index is 13.7. The Kier molecular flexibility index (Phi) is 3.79. The first-order valence-electron chi connectivity index (χ1n) is 7.87. The molecular weight excluding hydrogens is 300 g/mol. The highest BCUT2D eigenvalue weighted by Gasteiger charge is 2.52. The van der Waals surface area contributed by atoms with Crippen LogP contribution in [0.3, 0.4) is 0 Å². The summed E-state index contributed by atoms with van der Waals surface area (Å²) >= 11 is 0. The normalized spacial score (nSPS) is 24.1. The topological polar surface area (TPSA) is 40.5 Å². The predicted octanol–water partition coefficient (Wildman–Crippen LogP) is 3.40. The fourth-order valence-electron chi connectivity index (χ4n) is 3.30. The predicted molar refractivity (Wildman–Crippen MR) is 83.0 cm³/mol. The lowest BCUT2D eigenvalue weighted by molar-refractivity contribution is -0.119. The SMILES string of the molecule is CC(c1cccc(C(F)(F)CO)c1)N1C=CC(=O)C1C1(C)CC1. The van der Waals surface area contributed by atoms with Crippen LogP contribution in [-0.4, -0.2) is 28.4 Å². The van der Waals surface area contributed by atoms with Gasteiger partial charge in [-0.1, -0.05) is 25.1 Å². The van der Waals surface area contributed by atoms with Gasteiger partial charge in [0.25, 0.3) is 5.92 Å². The summed E-state index contributed by atoms with van der Waals surface area (Å²) in [5.74, 6) is -3.16. The van der Waals surface area contributed by atoms with Crippen molar-refractivity contribution in [3.05, 3.63) is 47.7 Å². The van der Waals surface area contributed by atoms with Gasteiger partial charge in [-0.05, 0) is 42.9 Å². The van der Waals surface area contributed by atoms with Crippen LogP contribution in [0.25, 0.3) is 0 Å². The number of rotatable bonds is 5. The van der Waals surface area contributed by atoms with E-state index in [1.54, 1.807) is 24.4 Å². The van der Waals surface area contributed by atoms with E-state index in [9.17, 15) is 13.6 Å². The van der Waals surface area contributed by atoms with Crippen LogP contribution in [0.4, 0.5) is 8.78 Å². The van der Waals surface area contributed by atoms with Crippen LogP contribution in [0.1, 0.15) is 43.9 Å². The Morgan fingerprint density at radius 3 is 2.74 bits per heavy atom. The van der Waals surface area contributed by atoms with Crippen molar-refractivity contribution < 1.29 is 18.7 Å². The minimum atomic E-state index is -3.26. The molecule has 1 heterocycles. The van der Waals surface area contributed by atoms with Gasteiger partial charge in [-0.2, -0.15) is 8.78 Å². The molecular formula is C18H21F2NO2. The summed E-state index contributed by atoms with van der Waals surface area (Å²) in [6.07, 6.45) is 5.38. The molecule has 3 rings (SSSR count). The van der Waals surface area contributed by atoms with Gasteiger partial charge in [0.1, 0.15) is 6.61 Å². The summed E-state index contributed by atoms with van der Waals surface area (Å²) in [7, 11) is 0. The molecule has 0 radical (unpaired) electrons. The molecule has 1 fully saturated rings. The first-order chi connectivity index (χ1) is 10.8. The fraction of sp³-hybridized carbons (Fsp3) is 0.500. The molecule has 1 aliphatic carbocycles. The molecule has 1 saturated carbocycles. The quantitative estimate of drug-likeness (QED) is 0.903. The lowest BCUT2D eigenvalue weighted by Crippen LogP contribution is -2.40. The Hall–Kier alpha value is -1.75. The van der Waals surface area contributed by atoms with Gasteiger partial charge < -0.3 is 10.0 Å². The Labute approximate surface area is 134 Å². The number of carbonyl (C=O) groups excluding carboxylic acids is 1. The summed E-state index contributed by atoms with van der Waals surface area (Å²) in [5, 5.41) is 8.86. The van der Waals surface area contributed by atoms with Crippen LogP contribution in [0.2, 0.25) is 0 Å². The summed E-state index contributed by atoms with van der Waals surface area (Å²) in [4.78, 5) is 14.2. The van der Waals surface area contributed by atoms with Gasteiger partial charge in [-0.3, -0.25) is 4.79 Å². The molecule has 0 amide bonds. The highest BCUT2D eigenvalue weighted by Crippen LogP contribution is 2.53. The molecule has 124 valence electrons. The lowest BCUT2D eigenvalue weighted by Gasteiger charge is -2.35. The van der Waals surface area contributed by atoms with E-state index in [4.69, 9.17) is 5.11 Å². The monoisotopic (exact) mass is 321 g/mol. The van der Waals surface area contributed by atoms with E-state index in [0.29, 0.717) is 5.56 Å². The lowest BCUT2D eigenvalue weighted by atomic mass is 9.93. The average molecular weight is 321 g/mol. The van der Waals surface area contributed by atoms with Gasteiger partial charge in [-0.25, -0.2) is 0 Å². The minimum Gasteiger partial charge on any atom is -0.390 e. The molecule has 2 aliphatic rings. The maximum Gasteiger partial charge on any atom is 0.295 e. The van der Waals surface area contributed by atoms with Crippen LogP contribution in [0, 0.1) is 5.41 Å². The Morgan fingerprint density at radius 1 is 1.43 bits per heavy atom. The Bertz CT molecular complexity index is 652. The second-order valence-corrected chi connectivity index (χ2v) is 6.89. The highest BCUT2D eigenvalue weighted by molar-refractivity contribution is 5.97. The Balaban J connectivity index is 1.88. The first kappa shape index (κ1) is 16.1. The van der Waals surface area contributed by atoms with Crippen LogP contribution >= 0.6 is 0 Å². The van der Waals surface area contributed by atoms with Crippen molar-refractivity contribution in [2.45, 2.75) is 44.7 Å². The van der Waals surface area contributed by atoms with Crippen LogP contribution in [-0.2, 0) is 10.7 Å². The van der Waals surface area contributed by atoms with Gasteiger partial charge in [0.2, 0.25) is 0 Å². The van der Waals surface area contributed by atoms with Crippen LogP contribution in [0.15, 0.2) is 36.5 Å². The summed E-state index contributed by atoms with van der Waals surface area (Å²) in [6, 6.07) is 5.69.